The lowest BCUT2D eigenvalue weighted by molar-refractivity contribution is 0.0773. The van der Waals surface area contributed by atoms with Crippen LogP contribution in [0.5, 0.6) is 17.2 Å². The first kappa shape index (κ1) is 18.6. The average molecular weight is 343 g/mol. The Hall–Kier alpha value is -2.69. The molecule has 0 aliphatic heterocycles. The Morgan fingerprint density at radius 3 is 2.32 bits per heavy atom. The average Bonchev–Trinajstić information content (AvgIpc) is 2.63. The Morgan fingerprint density at radius 1 is 1.04 bits per heavy atom. The Bertz CT molecular complexity index is 697. The van der Waals surface area contributed by atoms with Crippen molar-refractivity contribution in [2.24, 2.45) is 0 Å². The summed E-state index contributed by atoms with van der Waals surface area (Å²) >= 11 is 0. The molecular weight excluding hydrogens is 318 g/mol. The monoisotopic (exact) mass is 343 g/mol. The van der Waals surface area contributed by atoms with E-state index in [0.29, 0.717) is 25.3 Å². The maximum absolute atomic E-state index is 12.5. The predicted molar refractivity (Wildman–Crippen MR) is 97.8 cm³/mol. The van der Waals surface area contributed by atoms with Crippen molar-refractivity contribution in [2.75, 3.05) is 33.9 Å². The zero-order valence-electron chi connectivity index (χ0n) is 15.2. The van der Waals surface area contributed by atoms with Crippen LogP contribution in [-0.2, 0) is 0 Å². The Morgan fingerprint density at radius 2 is 1.72 bits per heavy atom. The second kappa shape index (κ2) is 8.97. The van der Waals surface area contributed by atoms with Gasteiger partial charge in [-0.3, -0.25) is 4.79 Å². The fraction of sp³-hybridized carbons (Fsp3) is 0.350. The van der Waals surface area contributed by atoms with Crippen LogP contribution in [-0.4, -0.2) is 44.7 Å². The summed E-state index contributed by atoms with van der Waals surface area (Å²) in [7, 11) is 3.39. The minimum atomic E-state index is -0.0375. The van der Waals surface area contributed by atoms with E-state index in [9.17, 15) is 4.79 Å². The summed E-state index contributed by atoms with van der Waals surface area (Å²) in [6, 6.07) is 12.9. The van der Waals surface area contributed by atoms with Crippen LogP contribution in [0.2, 0.25) is 0 Å². The minimum Gasteiger partial charge on any atom is -0.497 e. The van der Waals surface area contributed by atoms with Gasteiger partial charge < -0.3 is 19.1 Å². The third-order valence-electron chi connectivity index (χ3n) is 3.82. The van der Waals surface area contributed by atoms with Crippen molar-refractivity contribution in [3.63, 3.8) is 0 Å². The van der Waals surface area contributed by atoms with Crippen molar-refractivity contribution < 1.29 is 19.0 Å². The Kier molecular flexibility index (Phi) is 6.69. The van der Waals surface area contributed by atoms with Crippen molar-refractivity contribution in [3.8, 4) is 17.2 Å². The van der Waals surface area contributed by atoms with Crippen molar-refractivity contribution in [1.82, 2.24) is 4.90 Å². The van der Waals surface area contributed by atoms with Crippen LogP contribution in [0.1, 0.15) is 22.8 Å². The number of benzene rings is 2. The first-order valence-corrected chi connectivity index (χ1v) is 8.31. The van der Waals surface area contributed by atoms with E-state index >= 15 is 0 Å². The van der Waals surface area contributed by atoms with Crippen molar-refractivity contribution in [2.45, 2.75) is 13.8 Å². The van der Waals surface area contributed by atoms with E-state index < -0.39 is 0 Å². The SMILES string of the molecule is CCOc1ccc(C(=O)N(C)CCOc2ccc(OC)cc2)cc1C. The van der Waals surface area contributed by atoms with Crippen LogP contribution in [0.4, 0.5) is 0 Å². The standard InChI is InChI=1S/C20H25NO4/c1-5-24-19-11-6-16(14-15(19)2)20(22)21(3)12-13-25-18-9-7-17(23-4)8-10-18/h6-11,14H,5,12-13H2,1-4H3. The van der Waals surface area contributed by atoms with E-state index in [2.05, 4.69) is 0 Å². The lowest BCUT2D eigenvalue weighted by Gasteiger charge is -2.18. The van der Waals surface area contributed by atoms with Crippen molar-refractivity contribution in [1.29, 1.82) is 0 Å². The van der Waals surface area contributed by atoms with Gasteiger partial charge in [0.25, 0.3) is 5.91 Å². The molecule has 25 heavy (non-hydrogen) atoms. The van der Waals surface area contributed by atoms with Crippen LogP contribution in [0.15, 0.2) is 42.5 Å². The number of hydrogen-bond donors (Lipinski definition) is 0. The van der Waals surface area contributed by atoms with Crippen LogP contribution >= 0.6 is 0 Å². The van der Waals surface area contributed by atoms with Crippen LogP contribution in [0, 0.1) is 6.92 Å². The first-order valence-electron chi connectivity index (χ1n) is 8.31. The number of hydrogen-bond acceptors (Lipinski definition) is 4. The number of ether oxygens (including phenoxy) is 3. The fourth-order valence-corrected chi connectivity index (χ4v) is 2.39. The quantitative estimate of drug-likeness (QED) is 0.735. The van der Waals surface area contributed by atoms with Crippen LogP contribution in [0.25, 0.3) is 0 Å². The molecule has 0 saturated heterocycles. The molecule has 0 spiro atoms. The third kappa shape index (κ3) is 5.14. The summed E-state index contributed by atoms with van der Waals surface area (Å²) in [5.74, 6) is 2.30. The van der Waals surface area contributed by atoms with Gasteiger partial charge in [0.2, 0.25) is 0 Å². The third-order valence-corrected chi connectivity index (χ3v) is 3.82. The van der Waals surface area contributed by atoms with Gasteiger partial charge in [-0.1, -0.05) is 0 Å². The van der Waals surface area contributed by atoms with Gasteiger partial charge >= 0.3 is 0 Å². The molecule has 0 heterocycles. The second-order valence-electron chi connectivity index (χ2n) is 5.66. The summed E-state index contributed by atoms with van der Waals surface area (Å²) in [6.45, 7) is 5.40. The highest BCUT2D eigenvalue weighted by atomic mass is 16.5. The number of carbonyl (C=O) groups is 1. The van der Waals surface area contributed by atoms with E-state index in [0.717, 1.165) is 22.8 Å². The molecule has 1 amide bonds. The number of likely N-dealkylation sites (N-methyl/N-ethyl adjacent to an activating group) is 1. The summed E-state index contributed by atoms with van der Waals surface area (Å²) in [6.07, 6.45) is 0. The molecule has 2 rings (SSSR count). The second-order valence-corrected chi connectivity index (χ2v) is 5.66. The maximum atomic E-state index is 12.5. The van der Waals surface area contributed by atoms with Gasteiger partial charge in [0, 0.05) is 12.6 Å². The number of carbonyl (C=O) groups excluding carboxylic acids is 1. The number of amides is 1. The van der Waals surface area contributed by atoms with Gasteiger partial charge in [-0.05, 0) is 61.9 Å². The largest absolute Gasteiger partial charge is 0.497 e. The number of aryl methyl sites for hydroxylation is 1. The molecular formula is C20H25NO4. The molecule has 2 aromatic rings. The summed E-state index contributed by atoms with van der Waals surface area (Å²) < 4.78 is 16.3. The highest BCUT2D eigenvalue weighted by molar-refractivity contribution is 5.94. The molecule has 0 aliphatic carbocycles. The molecule has 0 saturated carbocycles. The van der Waals surface area contributed by atoms with Gasteiger partial charge in [-0.2, -0.15) is 0 Å². The zero-order valence-corrected chi connectivity index (χ0v) is 15.2. The molecule has 0 radical (unpaired) electrons. The van der Waals surface area contributed by atoms with Crippen LogP contribution in [0.3, 0.4) is 0 Å². The van der Waals surface area contributed by atoms with Gasteiger partial charge in [0.1, 0.15) is 23.9 Å². The van der Waals surface area contributed by atoms with Crippen LogP contribution < -0.4 is 14.2 Å². The molecule has 0 unspecified atom stereocenters. The molecule has 2 aromatic carbocycles. The van der Waals surface area contributed by atoms with Gasteiger partial charge in [-0.25, -0.2) is 0 Å². The van der Waals surface area contributed by atoms with Gasteiger partial charge in [0.15, 0.2) is 0 Å². The van der Waals surface area contributed by atoms with E-state index in [4.69, 9.17) is 14.2 Å². The zero-order chi connectivity index (χ0) is 18.2. The molecule has 0 aromatic heterocycles. The van der Waals surface area contributed by atoms with Crippen molar-refractivity contribution in [3.05, 3.63) is 53.6 Å². The molecule has 0 aliphatic rings. The summed E-state index contributed by atoms with van der Waals surface area (Å²) in [5, 5.41) is 0. The van der Waals surface area contributed by atoms with Crippen molar-refractivity contribution >= 4 is 5.91 Å². The highest BCUT2D eigenvalue weighted by Crippen LogP contribution is 2.20. The highest BCUT2D eigenvalue weighted by Gasteiger charge is 2.13. The lowest BCUT2D eigenvalue weighted by atomic mass is 10.1. The van der Waals surface area contributed by atoms with E-state index in [1.54, 1.807) is 25.1 Å². The van der Waals surface area contributed by atoms with Gasteiger partial charge in [0.05, 0.1) is 20.3 Å². The molecule has 0 N–H and O–H groups in total. The topological polar surface area (TPSA) is 48.0 Å². The molecule has 5 heteroatoms. The Balaban J connectivity index is 1.88. The lowest BCUT2D eigenvalue weighted by Crippen LogP contribution is -2.30. The molecule has 134 valence electrons. The normalized spacial score (nSPS) is 10.2. The molecule has 5 nitrogen and oxygen atoms in total. The maximum Gasteiger partial charge on any atom is 0.253 e. The number of nitrogens with zero attached hydrogens (tertiary/aromatic N) is 1. The number of methoxy groups -OCH3 is 1. The van der Waals surface area contributed by atoms with E-state index in [1.807, 2.05) is 50.2 Å². The van der Waals surface area contributed by atoms with Gasteiger partial charge in [-0.15, -0.1) is 0 Å². The molecule has 0 atom stereocenters. The minimum absolute atomic E-state index is 0.0375. The van der Waals surface area contributed by atoms with E-state index in [-0.39, 0.29) is 5.91 Å². The smallest absolute Gasteiger partial charge is 0.253 e. The van der Waals surface area contributed by atoms with E-state index in [1.165, 1.54) is 0 Å². The first-order chi connectivity index (χ1) is 12.0. The number of rotatable bonds is 8. The fourth-order valence-electron chi connectivity index (χ4n) is 2.39. The molecule has 0 fully saturated rings. The summed E-state index contributed by atoms with van der Waals surface area (Å²) in [5.41, 5.74) is 1.60. The summed E-state index contributed by atoms with van der Waals surface area (Å²) in [4.78, 5) is 14.2. The predicted octanol–water partition coefficient (Wildman–Crippen LogP) is 3.55. The molecule has 0 bridgehead atoms. The Labute approximate surface area is 149 Å².